The van der Waals surface area contributed by atoms with E-state index in [4.69, 9.17) is 29.0 Å². The van der Waals surface area contributed by atoms with Crippen LogP contribution in [0.25, 0.3) is 0 Å². The Morgan fingerprint density at radius 3 is 2.83 bits per heavy atom. The van der Waals surface area contributed by atoms with Crippen LogP contribution in [0.3, 0.4) is 0 Å². The third kappa shape index (κ3) is 3.55. The molecule has 0 fully saturated rings. The van der Waals surface area contributed by atoms with Crippen molar-refractivity contribution in [3.05, 3.63) is 63.8 Å². The van der Waals surface area contributed by atoms with Gasteiger partial charge in [0.2, 0.25) is 0 Å². The molecule has 1 aliphatic rings. The molecule has 0 amide bonds. The van der Waals surface area contributed by atoms with E-state index in [1.165, 1.54) is 12.1 Å². The highest BCUT2D eigenvalue weighted by Gasteiger charge is 2.24. The van der Waals surface area contributed by atoms with E-state index in [1.807, 2.05) is 0 Å². The van der Waals surface area contributed by atoms with Crippen molar-refractivity contribution in [3.8, 4) is 5.75 Å². The summed E-state index contributed by atoms with van der Waals surface area (Å²) < 4.78 is 0. The molecule has 124 valence electrons. The highest BCUT2D eigenvalue weighted by molar-refractivity contribution is 7.80. The number of aliphatic imine (C=N–C) groups is 1. The number of nitrogens with one attached hydrogen (secondary N) is 2. The Hall–Kier alpha value is -2.03. The Labute approximate surface area is 148 Å². The van der Waals surface area contributed by atoms with Gasteiger partial charge >= 0.3 is 0 Å². The van der Waals surface area contributed by atoms with Crippen molar-refractivity contribution in [3.63, 3.8) is 0 Å². The largest absolute Gasteiger partial charge is 0.595 e. The van der Waals surface area contributed by atoms with Crippen LogP contribution in [0.1, 0.15) is 23.6 Å². The number of rotatable bonds is 3. The maximum atomic E-state index is 11.1. The molecular weight excluding hydrogens is 350 g/mol. The Morgan fingerprint density at radius 2 is 2.08 bits per heavy atom. The molecule has 2 unspecified atom stereocenters. The van der Waals surface area contributed by atoms with Crippen molar-refractivity contribution in [2.75, 3.05) is 0 Å². The van der Waals surface area contributed by atoms with Gasteiger partial charge in [-0.15, -0.1) is 0 Å². The van der Waals surface area contributed by atoms with Crippen molar-refractivity contribution >= 4 is 40.3 Å². The third-order valence-electron chi connectivity index (χ3n) is 3.74. The number of nitrogens with zero attached hydrogens (tertiary/aromatic N) is 1. The number of phenolic OH excluding ortho intramolecular Hbond substituents is 1. The summed E-state index contributed by atoms with van der Waals surface area (Å²) in [4.78, 5) is 4.31. The van der Waals surface area contributed by atoms with E-state index in [9.17, 15) is 10.3 Å². The number of thiocarbonyl (C=S) groups is 1. The molecule has 0 aromatic heterocycles. The zero-order chi connectivity index (χ0) is 17.3. The lowest BCUT2D eigenvalue weighted by molar-refractivity contribution is -0.991. The molecule has 8 heteroatoms. The van der Waals surface area contributed by atoms with Crippen molar-refractivity contribution in [1.82, 2.24) is 5.32 Å². The lowest BCUT2D eigenvalue weighted by atomic mass is 9.95. The van der Waals surface area contributed by atoms with Crippen molar-refractivity contribution in [1.29, 1.82) is 0 Å². The lowest BCUT2D eigenvalue weighted by Crippen LogP contribution is -2.99. The molecule has 0 bridgehead atoms. The van der Waals surface area contributed by atoms with Gasteiger partial charge in [0.25, 0.3) is 0 Å². The van der Waals surface area contributed by atoms with E-state index in [-0.39, 0.29) is 22.6 Å². The first kappa shape index (κ1) is 16.8. The molecule has 3 rings (SSSR count). The Kier molecular flexibility index (Phi) is 4.79. The van der Waals surface area contributed by atoms with Crippen LogP contribution in [0.4, 0.5) is 5.69 Å². The molecule has 4 N–H and O–H groups in total. The van der Waals surface area contributed by atoms with Gasteiger partial charge < -0.3 is 15.6 Å². The van der Waals surface area contributed by atoms with E-state index >= 15 is 0 Å². The van der Waals surface area contributed by atoms with Crippen LogP contribution >= 0.6 is 23.8 Å². The quantitative estimate of drug-likeness (QED) is 0.496. The van der Waals surface area contributed by atoms with E-state index < -0.39 is 5.23 Å². The number of benzene rings is 2. The highest BCUT2D eigenvalue weighted by Crippen LogP contribution is 2.32. The molecule has 0 aliphatic carbocycles. The molecule has 1 aliphatic heterocycles. The SMILES string of the molecule is [O-][NH+](O)c1cccc(C2=NC(=S)NC(c3cc(Cl)ccc3O)C2)c1. The van der Waals surface area contributed by atoms with E-state index in [0.717, 1.165) is 0 Å². The van der Waals surface area contributed by atoms with Crippen LogP contribution in [0.5, 0.6) is 5.75 Å². The monoisotopic (exact) mass is 363 g/mol. The first-order valence-corrected chi connectivity index (χ1v) is 7.93. The molecule has 2 aromatic rings. The Morgan fingerprint density at radius 1 is 1.29 bits per heavy atom. The first-order chi connectivity index (χ1) is 11.4. The average Bonchev–Trinajstić information content (AvgIpc) is 2.56. The fraction of sp³-hybridized carbons (Fsp3) is 0.125. The standard InChI is InChI=1S/C16H14ClN3O3S/c17-10-4-5-15(21)12(7-10)14-8-13(18-16(24)19-14)9-2-1-3-11(6-9)20(22)23/h1-7,14,20-22H,8H2,(H,19,24). The average molecular weight is 364 g/mol. The number of quaternary nitrogens is 1. The molecule has 2 aromatic carbocycles. The first-order valence-electron chi connectivity index (χ1n) is 7.14. The number of hydrogen-bond donors (Lipinski definition) is 4. The minimum absolute atomic E-state index is 0.111. The molecule has 1 heterocycles. The van der Waals surface area contributed by atoms with Crippen LogP contribution in [0, 0.1) is 5.21 Å². The summed E-state index contributed by atoms with van der Waals surface area (Å²) in [6.07, 6.45) is 0.442. The van der Waals surface area contributed by atoms with Crippen LogP contribution in [-0.4, -0.2) is 21.1 Å². The van der Waals surface area contributed by atoms with Gasteiger partial charge in [-0.25, -0.2) is 10.2 Å². The van der Waals surface area contributed by atoms with Gasteiger partial charge in [0.05, 0.1) is 11.8 Å². The Balaban J connectivity index is 1.95. The highest BCUT2D eigenvalue weighted by atomic mass is 35.5. The van der Waals surface area contributed by atoms with Crippen LogP contribution in [0.15, 0.2) is 47.5 Å². The zero-order valence-corrected chi connectivity index (χ0v) is 13.9. The molecule has 0 spiro atoms. The van der Waals surface area contributed by atoms with Gasteiger partial charge in [-0.3, -0.25) is 0 Å². The number of aromatic hydroxyl groups is 1. The van der Waals surface area contributed by atoms with E-state index in [1.54, 1.807) is 30.3 Å². The number of phenols is 1. The second-order valence-electron chi connectivity index (χ2n) is 5.35. The van der Waals surface area contributed by atoms with Gasteiger partial charge in [-0.05, 0) is 30.4 Å². The molecule has 0 saturated heterocycles. The lowest BCUT2D eigenvalue weighted by Gasteiger charge is -2.26. The summed E-state index contributed by atoms with van der Waals surface area (Å²) in [7, 11) is 0. The normalized spacial score (nSPS) is 18.7. The summed E-state index contributed by atoms with van der Waals surface area (Å²) in [6, 6.07) is 11.0. The maximum Gasteiger partial charge on any atom is 0.193 e. The van der Waals surface area contributed by atoms with E-state index in [0.29, 0.717) is 28.3 Å². The van der Waals surface area contributed by atoms with Crippen molar-refractivity contribution in [2.45, 2.75) is 12.5 Å². The van der Waals surface area contributed by atoms with Crippen LogP contribution in [-0.2, 0) is 0 Å². The summed E-state index contributed by atoms with van der Waals surface area (Å²) in [5.41, 5.74) is 2.14. The smallest absolute Gasteiger partial charge is 0.193 e. The molecule has 0 saturated carbocycles. The topological polar surface area (TPSA) is 92.4 Å². The molecular formula is C16H14ClN3O3S. The molecule has 2 atom stereocenters. The maximum absolute atomic E-state index is 11.1. The van der Waals surface area contributed by atoms with Gasteiger partial charge in [-0.2, -0.15) is 5.23 Å². The van der Waals surface area contributed by atoms with Gasteiger partial charge in [0.15, 0.2) is 10.8 Å². The number of hydrogen-bond acceptors (Lipinski definition) is 4. The van der Waals surface area contributed by atoms with Crippen molar-refractivity contribution in [2.24, 2.45) is 4.99 Å². The van der Waals surface area contributed by atoms with E-state index in [2.05, 4.69) is 10.3 Å². The molecule has 6 nitrogen and oxygen atoms in total. The van der Waals surface area contributed by atoms with Gasteiger partial charge in [0, 0.05) is 34.7 Å². The van der Waals surface area contributed by atoms with Gasteiger partial charge in [-0.1, -0.05) is 23.7 Å². The van der Waals surface area contributed by atoms with Crippen molar-refractivity contribution < 1.29 is 15.5 Å². The minimum Gasteiger partial charge on any atom is -0.595 e. The summed E-state index contributed by atoms with van der Waals surface area (Å²) in [5.74, 6) is 0.111. The summed E-state index contributed by atoms with van der Waals surface area (Å²) >= 11 is 11.2. The minimum atomic E-state index is -1.00. The third-order valence-corrected chi connectivity index (χ3v) is 4.18. The second-order valence-corrected chi connectivity index (χ2v) is 6.18. The predicted octanol–water partition coefficient (Wildman–Crippen LogP) is 2.26. The predicted molar refractivity (Wildman–Crippen MR) is 95.0 cm³/mol. The molecule has 0 radical (unpaired) electrons. The zero-order valence-electron chi connectivity index (χ0n) is 12.4. The second kappa shape index (κ2) is 6.84. The Bertz CT molecular complexity index is 826. The van der Waals surface area contributed by atoms with Crippen LogP contribution in [0.2, 0.25) is 5.02 Å². The summed E-state index contributed by atoms with van der Waals surface area (Å²) in [5, 5.41) is 33.2. The fourth-order valence-electron chi connectivity index (χ4n) is 2.60. The van der Waals surface area contributed by atoms with Gasteiger partial charge in [0.1, 0.15) is 5.75 Å². The molecule has 24 heavy (non-hydrogen) atoms. The summed E-state index contributed by atoms with van der Waals surface area (Å²) in [6.45, 7) is 0. The van der Waals surface area contributed by atoms with Crippen LogP contribution < -0.4 is 10.5 Å². The number of halogens is 1. The fourth-order valence-corrected chi connectivity index (χ4v) is 3.03.